The fourth-order valence-corrected chi connectivity index (χ4v) is 1.95. The van der Waals surface area contributed by atoms with E-state index in [0.717, 1.165) is 4.53 Å². The van der Waals surface area contributed by atoms with Crippen LogP contribution in [0.15, 0.2) is 10.3 Å². The van der Waals surface area contributed by atoms with Gasteiger partial charge in [0.25, 0.3) is 0 Å². The zero-order valence-electron chi connectivity index (χ0n) is 7.26. The summed E-state index contributed by atoms with van der Waals surface area (Å²) in [5.74, 6) is 0.253. The maximum absolute atomic E-state index is 5.97. The first kappa shape index (κ1) is 9.88. The molecule has 0 fully saturated rings. The molecule has 2 aromatic heterocycles. The predicted octanol–water partition coefficient (Wildman–Crippen LogP) is 2.70. The van der Waals surface area contributed by atoms with Gasteiger partial charge in [0.05, 0.1) is 5.39 Å². The van der Waals surface area contributed by atoms with Gasteiger partial charge in [-0.25, -0.2) is 4.98 Å². The number of halogens is 3. The van der Waals surface area contributed by atoms with Gasteiger partial charge in [-0.05, 0) is 10.4 Å². The summed E-state index contributed by atoms with van der Waals surface area (Å²) in [5, 5.41) is 18.9. The molecule has 3 rings (SSSR count). The Morgan fingerprint density at radius 2 is 1.94 bits per heavy atom. The molecule has 0 amide bonds. The lowest BCUT2D eigenvalue weighted by Crippen LogP contribution is -2.07. The molecule has 0 spiro atoms. The summed E-state index contributed by atoms with van der Waals surface area (Å²) >= 11 is 17.6. The smallest absolute Gasteiger partial charge is 0.213 e. The number of hydrogen-bond donors (Lipinski definition) is 0. The third kappa shape index (κ3) is 1.22. The third-order valence-electron chi connectivity index (χ3n) is 1.96. The largest absolute Gasteiger partial charge is 0.213 e. The standard InChI is InChI=1S/C6Cl3N7/c7-2-3-1-5(10-4(2)8)11-14-12-6(1)13-15-16(3)9. The molecule has 0 atom stereocenters. The fraction of sp³-hybridized carbons (Fsp3) is 0. The van der Waals surface area contributed by atoms with Crippen molar-refractivity contribution in [1.82, 2.24) is 20.4 Å². The topological polar surface area (TPSA) is 79.5 Å². The van der Waals surface area contributed by atoms with E-state index in [-0.39, 0.29) is 21.6 Å². The molecule has 3 heterocycles. The van der Waals surface area contributed by atoms with E-state index in [4.69, 9.17) is 35.0 Å². The van der Waals surface area contributed by atoms with Crippen LogP contribution in [-0.4, -0.2) is 20.4 Å². The molecule has 1 aliphatic heterocycles. The van der Waals surface area contributed by atoms with Crippen molar-refractivity contribution in [3.63, 3.8) is 0 Å². The minimum atomic E-state index is 0.0679. The highest BCUT2D eigenvalue weighted by atomic mass is 35.5. The SMILES string of the molecule is Clc1nc2nnnc3c2c(c1Cl)N(Cl)N=N3. The van der Waals surface area contributed by atoms with E-state index in [0.29, 0.717) is 11.1 Å². The zero-order valence-corrected chi connectivity index (χ0v) is 9.53. The third-order valence-corrected chi connectivity index (χ3v) is 2.92. The molecule has 0 saturated heterocycles. The Labute approximate surface area is 103 Å². The van der Waals surface area contributed by atoms with Gasteiger partial charge in [-0.2, -0.15) is 4.53 Å². The Kier molecular flexibility index (Phi) is 2.06. The molecular weight excluding hydrogens is 276 g/mol. The number of anilines is 1. The van der Waals surface area contributed by atoms with Crippen LogP contribution in [-0.2, 0) is 0 Å². The molecule has 0 aromatic carbocycles. The van der Waals surface area contributed by atoms with Gasteiger partial charge in [0.2, 0.25) is 5.82 Å². The average Bonchev–Trinajstić information content (AvgIpc) is 2.28. The second-order valence-electron chi connectivity index (χ2n) is 2.83. The summed E-state index contributed by atoms with van der Waals surface area (Å²) in [4.78, 5) is 3.95. The average molecular weight is 276 g/mol. The number of rotatable bonds is 0. The van der Waals surface area contributed by atoms with Gasteiger partial charge < -0.3 is 0 Å². The van der Waals surface area contributed by atoms with E-state index in [1.807, 2.05) is 0 Å². The van der Waals surface area contributed by atoms with Crippen molar-refractivity contribution in [1.29, 1.82) is 0 Å². The van der Waals surface area contributed by atoms with Crippen LogP contribution in [0.2, 0.25) is 10.2 Å². The first-order chi connectivity index (χ1) is 7.68. The van der Waals surface area contributed by atoms with E-state index in [2.05, 4.69) is 30.7 Å². The van der Waals surface area contributed by atoms with Crippen molar-refractivity contribution in [2.45, 2.75) is 0 Å². The molecule has 0 aliphatic carbocycles. The number of pyridine rings is 1. The molecule has 10 heteroatoms. The van der Waals surface area contributed by atoms with Crippen molar-refractivity contribution in [2.24, 2.45) is 10.3 Å². The summed E-state index contributed by atoms with van der Waals surface area (Å²) in [6, 6.07) is 0. The first-order valence-electron chi connectivity index (χ1n) is 3.94. The second-order valence-corrected chi connectivity index (χ2v) is 3.88. The highest BCUT2D eigenvalue weighted by Crippen LogP contribution is 2.43. The van der Waals surface area contributed by atoms with Crippen LogP contribution in [0.3, 0.4) is 0 Å². The van der Waals surface area contributed by atoms with Gasteiger partial charge in [-0.1, -0.05) is 23.2 Å². The van der Waals surface area contributed by atoms with Crippen LogP contribution in [0.25, 0.3) is 11.0 Å². The van der Waals surface area contributed by atoms with Crippen LogP contribution in [0.1, 0.15) is 0 Å². The molecular formula is C6Cl3N7. The van der Waals surface area contributed by atoms with Crippen LogP contribution < -0.4 is 4.53 Å². The summed E-state index contributed by atoms with van der Waals surface area (Å²) in [6.07, 6.45) is 0. The predicted molar refractivity (Wildman–Crippen MR) is 58.0 cm³/mol. The lowest BCUT2D eigenvalue weighted by Gasteiger charge is -2.16. The van der Waals surface area contributed by atoms with Crippen molar-refractivity contribution < 1.29 is 0 Å². The van der Waals surface area contributed by atoms with Gasteiger partial charge in [-0.15, -0.1) is 15.3 Å². The molecule has 0 unspecified atom stereocenters. The summed E-state index contributed by atoms with van der Waals surface area (Å²) in [5.41, 5.74) is 0.615. The normalized spacial score (nSPS) is 13.6. The molecule has 0 saturated carbocycles. The number of aromatic nitrogens is 4. The van der Waals surface area contributed by atoms with Crippen molar-refractivity contribution in [3.8, 4) is 0 Å². The van der Waals surface area contributed by atoms with Crippen LogP contribution in [0, 0.1) is 0 Å². The summed E-state index contributed by atoms with van der Waals surface area (Å²) in [7, 11) is 0. The second kappa shape index (κ2) is 3.34. The summed E-state index contributed by atoms with van der Waals surface area (Å²) < 4.78 is 0.967. The molecule has 1 aliphatic rings. The minimum Gasteiger partial charge on any atom is -0.213 e. The van der Waals surface area contributed by atoms with Gasteiger partial charge in [0.1, 0.15) is 10.7 Å². The van der Waals surface area contributed by atoms with E-state index in [1.165, 1.54) is 0 Å². The van der Waals surface area contributed by atoms with Gasteiger partial charge in [-0.3, -0.25) is 0 Å². The lowest BCUT2D eigenvalue weighted by atomic mass is 10.2. The van der Waals surface area contributed by atoms with E-state index < -0.39 is 0 Å². The first-order valence-corrected chi connectivity index (χ1v) is 5.03. The molecule has 16 heavy (non-hydrogen) atoms. The Bertz CT molecular complexity index is 627. The van der Waals surface area contributed by atoms with Crippen LogP contribution in [0.5, 0.6) is 0 Å². The molecule has 80 valence electrons. The van der Waals surface area contributed by atoms with Crippen molar-refractivity contribution in [2.75, 3.05) is 4.53 Å². The van der Waals surface area contributed by atoms with E-state index in [9.17, 15) is 0 Å². The fourth-order valence-electron chi connectivity index (χ4n) is 1.32. The monoisotopic (exact) mass is 275 g/mol. The van der Waals surface area contributed by atoms with E-state index >= 15 is 0 Å². The zero-order chi connectivity index (χ0) is 11.3. The Balaban J connectivity index is 2.55. The molecule has 0 N–H and O–H groups in total. The molecule has 0 bridgehead atoms. The number of nitrogens with zero attached hydrogens (tertiary/aromatic N) is 7. The molecule has 2 aromatic rings. The number of hydrogen-bond acceptors (Lipinski definition) is 7. The van der Waals surface area contributed by atoms with E-state index in [1.54, 1.807) is 0 Å². The van der Waals surface area contributed by atoms with Crippen LogP contribution >= 0.6 is 35.0 Å². The summed E-state index contributed by atoms with van der Waals surface area (Å²) in [6.45, 7) is 0. The van der Waals surface area contributed by atoms with Crippen LogP contribution in [0.4, 0.5) is 11.5 Å². The molecule has 0 radical (unpaired) electrons. The maximum Gasteiger partial charge on any atom is 0.213 e. The van der Waals surface area contributed by atoms with Gasteiger partial charge in [0.15, 0.2) is 10.8 Å². The Morgan fingerprint density at radius 1 is 1.12 bits per heavy atom. The highest BCUT2D eigenvalue weighted by Gasteiger charge is 2.25. The maximum atomic E-state index is 5.97. The Morgan fingerprint density at radius 3 is 2.75 bits per heavy atom. The van der Waals surface area contributed by atoms with Crippen molar-refractivity contribution >= 4 is 57.5 Å². The lowest BCUT2D eigenvalue weighted by molar-refractivity contribution is 0.860. The van der Waals surface area contributed by atoms with Gasteiger partial charge >= 0.3 is 0 Å². The molecule has 7 nitrogen and oxygen atoms in total. The minimum absolute atomic E-state index is 0.0679. The Hall–Kier alpha value is -1.31. The quantitative estimate of drug-likeness (QED) is 0.546. The van der Waals surface area contributed by atoms with Gasteiger partial charge in [0, 0.05) is 11.8 Å². The van der Waals surface area contributed by atoms with Crippen molar-refractivity contribution in [3.05, 3.63) is 10.2 Å². The highest BCUT2D eigenvalue weighted by molar-refractivity contribution is 6.45.